The van der Waals surface area contributed by atoms with Crippen LogP contribution in [0, 0.1) is 0 Å². The maximum Gasteiger partial charge on any atom is 0.332 e. The van der Waals surface area contributed by atoms with Gasteiger partial charge in [0.2, 0.25) is 0 Å². The summed E-state index contributed by atoms with van der Waals surface area (Å²) in [5.41, 5.74) is 3.60. The Hall–Kier alpha value is -3.22. The number of rotatable bonds is 9. The van der Waals surface area contributed by atoms with E-state index in [2.05, 4.69) is 17.1 Å². The van der Waals surface area contributed by atoms with Crippen molar-refractivity contribution >= 4 is 5.97 Å². The molecule has 1 fully saturated rings. The number of pyridine rings is 1. The maximum absolute atomic E-state index is 11.6. The van der Waals surface area contributed by atoms with E-state index in [9.17, 15) is 4.79 Å². The summed E-state index contributed by atoms with van der Waals surface area (Å²) in [6.07, 6.45) is 3.62. The molecule has 31 heavy (non-hydrogen) atoms. The molecule has 0 amide bonds. The van der Waals surface area contributed by atoms with Crippen LogP contribution in [-0.2, 0) is 31.2 Å². The first kappa shape index (κ1) is 21.0. The molecule has 1 aliphatic heterocycles. The van der Waals surface area contributed by atoms with Gasteiger partial charge >= 0.3 is 5.97 Å². The Morgan fingerprint density at radius 3 is 2.55 bits per heavy atom. The van der Waals surface area contributed by atoms with Gasteiger partial charge < -0.3 is 18.9 Å². The highest BCUT2D eigenvalue weighted by molar-refractivity contribution is 5.70. The molecule has 0 atom stereocenters. The SMILES string of the molecule is CCOC(=O)COC1(c2ccc(OCc3cccc(-c4cccnc4)c3)cc2)COC1. The molecule has 0 bridgehead atoms. The number of ether oxygens (including phenoxy) is 4. The van der Waals surface area contributed by atoms with Crippen molar-refractivity contribution < 1.29 is 23.7 Å². The van der Waals surface area contributed by atoms with Gasteiger partial charge in [-0.15, -0.1) is 0 Å². The molecule has 1 aliphatic rings. The number of carbonyl (C=O) groups excluding carboxylic acids is 1. The van der Waals surface area contributed by atoms with Gasteiger partial charge in [0.05, 0.1) is 19.8 Å². The summed E-state index contributed by atoms with van der Waals surface area (Å²) in [4.78, 5) is 15.8. The predicted molar refractivity (Wildman–Crippen MR) is 116 cm³/mol. The highest BCUT2D eigenvalue weighted by Crippen LogP contribution is 2.34. The molecule has 6 nitrogen and oxygen atoms in total. The predicted octanol–water partition coefficient (Wildman–Crippen LogP) is 4.13. The second-order valence-corrected chi connectivity index (χ2v) is 7.34. The number of nitrogens with zero attached hydrogens (tertiary/aromatic N) is 1. The lowest BCUT2D eigenvalue weighted by atomic mass is 9.91. The van der Waals surface area contributed by atoms with Crippen molar-refractivity contribution in [2.45, 2.75) is 19.1 Å². The largest absolute Gasteiger partial charge is 0.489 e. The minimum absolute atomic E-state index is 0.0945. The topological polar surface area (TPSA) is 66.9 Å². The molecule has 0 spiro atoms. The summed E-state index contributed by atoms with van der Waals surface area (Å²) in [5.74, 6) is 0.388. The first-order chi connectivity index (χ1) is 15.2. The van der Waals surface area contributed by atoms with Gasteiger partial charge in [-0.2, -0.15) is 0 Å². The molecular weight excluding hydrogens is 394 g/mol. The van der Waals surface area contributed by atoms with Crippen molar-refractivity contribution in [1.82, 2.24) is 4.98 Å². The van der Waals surface area contributed by atoms with Gasteiger partial charge in [-0.1, -0.05) is 36.4 Å². The summed E-state index contributed by atoms with van der Waals surface area (Å²) in [6.45, 7) is 3.29. The van der Waals surface area contributed by atoms with Crippen molar-refractivity contribution in [2.24, 2.45) is 0 Å². The third kappa shape index (κ3) is 5.10. The van der Waals surface area contributed by atoms with Gasteiger partial charge in [-0.3, -0.25) is 4.98 Å². The van der Waals surface area contributed by atoms with Crippen LogP contribution >= 0.6 is 0 Å². The molecule has 6 heteroatoms. The average molecular weight is 419 g/mol. The van der Waals surface area contributed by atoms with E-state index in [4.69, 9.17) is 18.9 Å². The molecule has 0 saturated carbocycles. The maximum atomic E-state index is 11.6. The Kier molecular flexibility index (Phi) is 6.60. The van der Waals surface area contributed by atoms with Crippen LogP contribution in [0.25, 0.3) is 11.1 Å². The third-order valence-electron chi connectivity index (χ3n) is 5.15. The number of benzene rings is 2. The summed E-state index contributed by atoms with van der Waals surface area (Å²) < 4.78 is 22.1. The van der Waals surface area contributed by atoms with Crippen molar-refractivity contribution in [3.63, 3.8) is 0 Å². The van der Waals surface area contributed by atoms with E-state index >= 15 is 0 Å². The molecule has 2 aromatic carbocycles. The Morgan fingerprint density at radius 1 is 1.06 bits per heavy atom. The number of esters is 1. The van der Waals surface area contributed by atoms with E-state index in [1.165, 1.54) is 0 Å². The van der Waals surface area contributed by atoms with Crippen LogP contribution in [0.15, 0.2) is 73.1 Å². The summed E-state index contributed by atoms with van der Waals surface area (Å²) in [5, 5.41) is 0. The Bertz CT molecular complexity index is 1000. The second kappa shape index (κ2) is 9.73. The van der Waals surface area contributed by atoms with E-state index in [-0.39, 0.29) is 12.6 Å². The second-order valence-electron chi connectivity index (χ2n) is 7.34. The van der Waals surface area contributed by atoms with Crippen LogP contribution in [-0.4, -0.2) is 37.4 Å². The zero-order valence-electron chi connectivity index (χ0n) is 17.5. The molecule has 0 unspecified atom stereocenters. The average Bonchev–Trinajstić information content (AvgIpc) is 2.79. The number of aromatic nitrogens is 1. The molecule has 0 radical (unpaired) electrons. The van der Waals surface area contributed by atoms with Crippen LogP contribution in [0.5, 0.6) is 5.75 Å². The standard InChI is InChI=1S/C25H25NO5/c1-2-29-24(27)16-31-25(17-28-18-25)22-8-10-23(11-9-22)30-15-19-5-3-6-20(13-19)21-7-4-12-26-14-21/h3-14H,2,15-18H2,1H3. The Morgan fingerprint density at radius 2 is 1.87 bits per heavy atom. The molecule has 0 N–H and O–H groups in total. The van der Waals surface area contributed by atoms with Gasteiger partial charge in [0.15, 0.2) is 0 Å². The lowest BCUT2D eigenvalue weighted by Crippen LogP contribution is -2.49. The zero-order chi connectivity index (χ0) is 21.5. The minimum Gasteiger partial charge on any atom is -0.489 e. The molecular formula is C25H25NO5. The smallest absolute Gasteiger partial charge is 0.332 e. The Balaban J connectivity index is 1.37. The quantitative estimate of drug-likeness (QED) is 0.486. The van der Waals surface area contributed by atoms with E-state index in [0.29, 0.717) is 26.4 Å². The lowest BCUT2D eigenvalue weighted by Gasteiger charge is -2.41. The van der Waals surface area contributed by atoms with Gasteiger partial charge in [-0.05, 0) is 53.4 Å². The van der Waals surface area contributed by atoms with Crippen molar-refractivity contribution in [2.75, 3.05) is 26.4 Å². The molecule has 3 aromatic rings. The summed E-state index contributed by atoms with van der Waals surface area (Å²) >= 11 is 0. The number of hydrogen-bond donors (Lipinski definition) is 0. The van der Waals surface area contributed by atoms with Crippen LogP contribution in [0.1, 0.15) is 18.1 Å². The molecule has 160 valence electrons. The molecule has 1 aromatic heterocycles. The van der Waals surface area contributed by atoms with Crippen LogP contribution in [0.2, 0.25) is 0 Å². The van der Waals surface area contributed by atoms with Crippen LogP contribution in [0.4, 0.5) is 0 Å². The highest BCUT2D eigenvalue weighted by atomic mass is 16.6. The normalized spacial score (nSPS) is 14.5. The fourth-order valence-corrected chi connectivity index (χ4v) is 3.42. The summed E-state index contributed by atoms with van der Waals surface area (Å²) in [7, 11) is 0. The molecule has 1 saturated heterocycles. The fraction of sp³-hybridized carbons (Fsp3) is 0.280. The fourth-order valence-electron chi connectivity index (χ4n) is 3.42. The lowest BCUT2D eigenvalue weighted by molar-refractivity contribution is -0.221. The zero-order valence-corrected chi connectivity index (χ0v) is 17.5. The van der Waals surface area contributed by atoms with Crippen molar-refractivity contribution in [1.29, 1.82) is 0 Å². The van der Waals surface area contributed by atoms with E-state index < -0.39 is 5.60 Å². The van der Waals surface area contributed by atoms with Gasteiger partial charge in [-0.25, -0.2) is 4.79 Å². The van der Waals surface area contributed by atoms with E-state index in [1.807, 2.05) is 54.7 Å². The Labute approximate surface area is 181 Å². The number of hydrogen-bond acceptors (Lipinski definition) is 6. The summed E-state index contributed by atoms with van der Waals surface area (Å²) in [6, 6.07) is 19.9. The van der Waals surface area contributed by atoms with Gasteiger partial charge in [0.25, 0.3) is 0 Å². The first-order valence-electron chi connectivity index (χ1n) is 10.3. The van der Waals surface area contributed by atoms with Crippen molar-refractivity contribution in [3.8, 4) is 16.9 Å². The number of carbonyl (C=O) groups is 1. The highest BCUT2D eigenvalue weighted by Gasteiger charge is 2.42. The van der Waals surface area contributed by atoms with E-state index in [0.717, 1.165) is 28.0 Å². The molecule has 0 aliphatic carbocycles. The first-order valence-corrected chi connectivity index (χ1v) is 10.3. The monoisotopic (exact) mass is 419 g/mol. The molecule has 2 heterocycles. The van der Waals surface area contributed by atoms with Crippen molar-refractivity contribution in [3.05, 3.63) is 84.2 Å². The van der Waals surface area contributed by atoms with E-state index in [1.54, 1.807) is 13.1 Å². The van der Waals surface area contributed by atoms with Crippen LogP contribution < -0.4 is 4.74 Å². The third-order valence-corrected chi connectivity index (χ3v) is 5.15. The van der Waals surface area contributed by atoms with Crippen LogP contribution in [0.3, 0.4) is 0 Å². The van der Waals surface area contributed by atoms with Gasteiger partial charge in [0.1, 0.15) is 24.6 Å². The van der Waals surface area contributed by atoms with Gasteiger partial charge in [0, 0.05) is 12.4 Å². The molecule has 4 rings (SSSR count). The minimum atomic E-state index is -0.608.